The number of rotatable bonds is 5. The average molecular weight is 601 g/mol. The molecule has 3 saturated heterocycles. The monoisotopic (exact) mass is 600 g/mol. The maximum atomic E-state index is 13.8. The van der Waals surface area contributed by atoms with Crippen LogP contribution in [0.1, 0.15) is 73.3 Å². The number of ether oxygens (including phenoxy) is 1. The van der Waals surface area contributed by atoms with Crippen LogP contribution in [0.25, 0.3) is 0 Å². The number of carbonyl (C=O) groups excluding carboxylic acids is 2. The van der Waals surface area contributed by atoms with Crippen LogP contribution in [0, 0.1) is 11.7 Å². The molecule has 0 aliphatic carbocycles. The van der Waals surface area contributed by atoms with Gasteiger partial charge in [-0.25, -0.2) is 4.39 Å². The molecule has 228 valence electrons. The Balaban J connectivity index is 1.45. The fraction of sp³-hybridized carbons (Fsp3) is 0.533. The summed E-state index contributed by atoms with van der Waals surface area (Å²) in [7, 11) is 0. The second kappa shape index (κ2) is 11.5. The van der Waals surface area contributed by atoms with Crippen molar-refractivity contribution in [3.05, 3.63) is 70.5 Å². The van der Waals surface area contributed by atoms with E-state index >= 15 is 0 Å². The van der Waals surface area contributed by atoms with Crippen molar-refractivity contribution in [3.8, 4) is 0 Å². The van der Waals surface area contributed by atoms with Crippen LogP contribution in [0.5, 0.6) is 0 Å². The Morgan fingerprint density at radius 2 is 1.52 bits per heavy atom. The SMILES string of the molecule is C[C@@H](O[C@H]1CN2C(=O)CC(C(=O)N3CCCCC3)CC2C1c1ccc(F)cc1)c1cc(C(F)(F)F)cc(C(F)(F)F)c1. The number of hydrogen-bond acceptors (Lipinski definition) is 3. The molecule has 42 heavy (non-hydrogen) atoms. The first kappa shape index (κ1) is 30.3. The van der Waals surface area contributed by atoms with Gasteiger partial charge in [0.1, 0.15) is 5.82 Å². The van der Waals surface area contributed by atoms with Gasteiger partial charge in [-0.3, -0.25) is 9.59 Å². The predicted molar refractivity (Wildman–Crippen MR) is 138 cm³/mol. The van der Waals surface area contributed by atoms with E-state index in [-0.39, 0.29) is 36.4 Å². The number of amides is 2. The first-order valence-electron chi connectivity index (χ1n) is 14.0. The normalized spacial score (nSPS) is 25.9. The molecule has 3 aliphatic heterocycles. The molecule has 3 aliphatic rings. The van der Waals surface area contributed by atoms with Gasteiger partial charge < -0.3 is 14.5 Å². The largest absolute Gasteiger partial charge is 0.416 e. The van der Waals surface area contributed by atoms with Gasteiger partial charge in [-0.1, -0.05) is 12.1 Å². The zero-order valence-corrected chi connectivity index (χ0v) is 22.8. The molecule has 0 spiro atoms. The van der Waals surface area contributed by atoms with E-state index < -0.39 is 59.4 Å². The van der Waals surface area contributed by atoms with Crippen molar-refractivity contribution in [1.82, 2.24) is 9.80 Å². The van der Waals surface area contributed by atoms with Gasteiger partial charge in [-0.2, -0.15) is 26.3 Å². The fourth-order valence-corrected chi connectivity index (χ4v) is 6.51. The summed E-state index contributed by atoms with van der Waals surface area (Å²) in [6, 6.07) is 6.34. The molecule has 12 heteroatoms. The summed E-state index contributed by atoms with van der Waals surface area (Å²) >= 11 is 0. The molecule has 2 aromatic carbocycles. The lowest BCUT2D eigenvalue weighted by molar-refractivity contribution is -0.147. The molecule has 2 aromatic rings. The van der Waals surface area contributed by atoms with Gasteiger partial charge in [0.25, 0.3) is 0 Å². The van der Waals surface area contributed by atoms with Crippen LogP contribution >= 0.6 is 0 Å². The lowest BCUT2D eigenvalue weighted by atomic mass is 9.81. The lowest BCUT2D eigenvalue weighted by Crippen LogP contribution is -2.49. The van der Waals surface area contributed by atoms with Crippen molar-refractivity contribution in [2.24, 2.45) is 5.92 Å². The minimum atomic E-state index is -5.01. The van der Waals surface area contributed by atoms with Gasteiger partial charge in [0.15, 0.2) is 0 Å². The molecule has 0 radical (unpaired) electrons. The smallest absolute Gasteiger partial charge is 0.368 e. The summed E-state index contributed by atoms with van der Waals surface area (Å²) in [6.45, 7) is 2.64. The van der Waals surface area contributed by atoms with E-state index in [2.05, 4.69) is 0 Å². The Bertz CT molecular complexity index is 1270. The summed E-state index contributed by atoms with van der Waals surface area (Å²) in [6.07, 6.45) is -8.92. The van der Waals surface area contributed by atoms with Crippen molar-refractivity contribution in [2.45, 2.75) is 75.5 Å². The van der Waals surface area contributed by atoms with Crippen LogP contribution in [0.2, 0.25) is 0 Å². The zero-order valence-electron chi connectivity index (χ0n) is 22.8. The fourth-order valence-electron chi connectivity index (χ4n) is 6.51. The Hall–Kier alpha value is -3.15. The van der Waals surface area contributed by atoms with Gasteiger partial charge in [0, 0.05) is 43.9 Å². The van der Waals surface area contributed by atoms with E-state index in [1.165, 1.54) is 31.2 Å². The third kappa shape index (κ3) is 6.28. The number of likely N-dealkylation sites (tertiary alicyclic amines) is 1. The molecule has 5 atom stereocenters. The van der Waals surface area contributed by atoms with Crippen LogP contribution < -0.4 is 0 Å². The van der Waals surface area contributed by atoms with Gasteiger partial charge in [-0.05, 0) is 74.1 Å². The van der Waals surface area contributed by atoms with Gasteiger partial charge in [0.05, 0.1) is 23.3 Å². The minimum Gasteiger partial charge on any atom is -0.368 e. The zero-order chi connectivity index (χ0) is 30.4. The molecule has 0 N–H and O–H groups in total. The maximum Gasteiger partial charge on any atom is 0.416 e. The number of piperidine rings is 2. The number of hydrogen-bond donors (Lipinski definition) is 0. The molecule has 0 bridgehead atoms. The molecule has 3 heterocycles. The highest BCUT2D eigenvalue weighted by atomic mass is 19.4. The van der Waals surface area contributed by atoms with Gasteiger partial charge in [0.2, 0.25) is 11.8 Å². The van der Waals surface area contributed by atoms with Crippen LogP contribution in [0.4, 0.5) is 30.7 Å². The molecule has 0 aromatic heterocycles. The summed E-state index contributed by atoms with van der Waals surface area (Å²) in [5.41, 5.74) is -2.61. The van der Waals surface area contributed by atoms with Crippen molar-refractivity contribution in [1.29, 1.82) is 0 Å². The van der Waals surface area contributed by atoms with Crippen LogP contribution in [-0.4, -0.2) is 53.4 Å². The van der Waals surface area contributed by atoms with E-state index in [0.717, 1.165) is 19.3 Å². The molecule has 3 unspecified atom stereocenters. The Labute approximate surface area is 238 Å². The summed E-state index contributed by atoms with van der Waals surface area (Å²) in [4.78, 5) is 30.0. The van der Waals surface area contributed by atoms with Crippen LogP contribution in [0.3, 0.4) is 0 Å². The van der Waals surface area contributed by atoms with Crippen LogP contribution in [0.15, 0.2) is 42.5 Å². The van der Waals surface area contributed by atoms with Crippen molar-refractivity contribution in [3.63, 3.8) is 0 Å². The molecule has 0 saturated carbocycles. The molecule has 3 fully saturated rings. The average Bonchev–Trinajstić information content (AvgIpc) is 3.30. The van der Waals surface area contributed by atoms with Gasteiger partial charge in [-0.15, -0.1) is 0 Å². The van der Waals surface area contributed by atoms with Crippen LogP contribution in [-0.2, 0) is 26.7 Å². The number of alkyl halides is 6. The highest BCUT2D eigenvalue weighted by molar-refractivity contribution is 5.87. The first-order chi connectivity index (χ1) is 19.7. The molecular formula is C30H31F7N2O3. The summed E-state index contributed by atoms with van der Waals surface area (Å²) < 4.78 is 101. The maximum absolute atomic E-state index is 13.8. The van der Waals surface area contributed by atoms with Crippen molar-refractivity contribution in [2.75, 3.05) is 19.6 Å². The predicted octanol–water partition coefficient (Wildman–Crippen LogP) is 6.73. The molecular weight excluding hydrogens is 569 g/mol. The number of nitrogens with zero attached hydrogens (tertiary/aromatic N) is 2. The minimum absolute atomic E-state index is 0.00676. The number of halogens is 7. The second-order valence-corrected chi connectivity index (χ2v) is 11.4. The highest BCUT2D eigenvalue weighted by Gasteiger charge is 2.51. The van der Waals surface area contributed by atoms with Gasteiger partial charge >= 0.3 is 12.4 Å². The van der Waals surface area contributed by atoms with E-state index in [0.29, 0.717) is 37.2 Å². The third-order valence-corrected chi connectivity index (χ3v) is 8.59. The molecule has 5 nitrogen and oxygen atoms in total. The number of benzene rings is 2. The van der Waals surface area contributed by atoms with Crippen molar-refractivity contribution < 1.29 is 45.1 Å². The van der Waals surface area contributed by atoms with E-state index in [1.54, 1.807) is 9.80 Å². The highest BCUT2D eigenvalue weighted by Crippen LogP contribution is 2.45. The molecule has 5 rings (SSSR count). The molecule has 2 amide bonds. The Kier molecular flexibility index (Phi) is 8.30. The lowest BCUT2D eigenvalue weighted by Gasteiger charge is -2.39. The van der Waals surface area contributed by atoms with Crippen molar-refractivity contribution >= 4 is 11.8 Å². The Morgan fingerprint density at radius 3 is 2.10 bits per heavy atom. The van der Waals surface area contributed by atoms with E-state index in [1.807, 2.05) is 0 Å². The number of fused-ring (bicyclic) bond motifs is 1. The topological polar surface area (TPSA) is 49.9 Å². The summed E-state index contributed by atoms with van der Waals surface area (Å²) in [5, 5.41) is 0. The van der Waals surface area contributed by atoms with E-state index in [9.17, 15) is 40.3 Å². The second-order valence-electron chi connectivity index (χ2n) is 11.4. The standard InChI is InChI=1S/C30H31F7N2O3/c1-17(19-11-21(29(32,33)34)15-22(12-19)30(35,36)37)42-25-16-39-24(27(25)18-5-7-23(31)8-6-18)13-20(14-26(39)40)28(41)38-9-3-2-4-10-38/h5-8,11-12,15,17,20,24-25,27H,2-4,9-10,13-14,16H2,1H3/t17-,20?,24?,25+,27?/m1/s1. The summed E-state index contributed by atoms with van der Waals surface area (Å²) in [5.74, 6) is -2.01. The third-order valence-electron chi connectivity index (χ3n) is 8.59. The Morgan fingerprint density at radius 1 is 0.929 bits per heavy atom. The van der Waals surface area contributed by atoms with E-state index in [4.69, 9.17) is 4.74 Å². The first-order valence-corrected chi connectivity index (χ1v) is 14.0. The number of carbonyl (C=O) groups is 2. The quantitative estimate of drug-likeness (QED) is 0.358.